The Bertz CT molecular complexity index is 503. The number of benzene rings is 1. The predicted molar refractivity (Wildman–Crippen MR) is 80.8 cm³/mol. The fraction of sp³-hybridized carbons (Fsp3) is 0.562. The van der Waals surface area contributed by atoms with Crippen LogP contribution >= 0.6 is 0 Å². The molecule has 5 heteroatoms. The van der Waals surface area contributed by atoms with Gasteiger partial charge in [-0.3, -0.25) is 0 Å². The fourth-order valence-corrected chi connectivity index (χ4v) is 2.64. The van der Waals surface area contributed by atoms with Gasteiger partial charge in [0.2, 0.25) is 0 Å². The molecule has 1 aromatic rings. The molecule has 1 aliphatic carbocycles. The summed E-state index contributed by atoms with van der Waals surface area (Å²) in [7, 11) is 3.08. The molecule has 1 fully saturated rings. The largest absolute Gasteiger partial charge is 0.465 e. The van der Waals surface area contributed by atoms with Gasteiger partial charge in [0.1, 0.15) is 6.10 Å². The van der Waals surface area contributed by atoms with E-state index in [9.17, 15) is 4.79 Å². The molecular formula is C16H23NO4. The smallest absolute Gasteiger partial charge is 0.337 e. The van der Waals surface area contributed by atoms with Gasteiger partial charge in [-0.25, -0.2) is 4.79 Å². The fourth-order valence-electron chi connectivity index (χ4n) is 2.64. The first-order valence-electron chi connectivity index (χ1n) is 7.20. The third-order valence-electron chi connectivity index (χ3n) is 3.90. The molecule has 0 heterocycles. The van der Waals surface area contributed by atoms with Crippen LogP contribution in [0.25, 0.3) is 0 Å². The molecule has 116 valence electrons. The standard InChI is InChI=1S/C16H23NO4/c1-5-21-14-9-13(15(14)19-3)17-12-8-11(16(18)20-4)7-6-10(12)2/h6-8,13-15,17H,5,9H2,1-4H3. The van der Waals surface area contributed by atoms with Crippen LogP contribution in [0, 0.1) is 6.92 Å². The molecule has 1 aliphatic rings. The van der Waals surface area contributed by atoms with Crippen LogP contribution in [0.4, 0.5) is 5.69 Å². The minimum atomic E-state index is -0.331. The molecule has 0 aromatic heterocycles. The zero-order chi connectivity index (χ0) is 15.4. The number of carbonyl (C=O) groups is 1. The summed E-state index contributed by atoms with van der Waals surface area (Å²) in [5, 5.41) is 3.44. The third kappa shape index (κ3) is 3.36. The molecule has 0 radical (unpaired) electrons. The van der Waals surface area contributed by atoms with Crippen molar-refractivity contribution in [3.05, 3.63) is 29.3 Å². The van der Waals surface area contributed by atoms with Gasteiger partial charge in [-0.05, 0) is 38.0 Å². The third-order valence-corrected chi connectivity index (χ3v) is 3.90. The van der Waals surface area contributed by atoms with E-state index in [-0.39, 0.29) is 24.2 Å². The molecule has 5 nitrogen and oxygen atoms in total. The molecule has 1 N–H and O–H groups in total. The van der Waals surface area contributed by atoms with Crippen molar-refractivity contribution < 1.29 is 19.0 Å². The lowest BCUT2D eigenvalue weighted by Crippen LogP contribution is -2.56. The van der Waals surface area contributed by atoms with Gasteiger partial charge in [-0.2, -0.15) is 0 Å². The molecule has 1 saturated carbocycles. The molecule has 2 rings (SSSR count). The van der Waals surface area contributed by atoms with Crippen LogP contribution in [0.3, 0.4) is 0 Å². The van der Waals surface area contributed by atoms with E-state index >= 15 is 0 Å². The Kier molecular flexibility index (Phi) is 5.20. The summed E-state index contributed by atoms with van der Waals surface area (Å²) in [5.74, 6) is -0.331. The van der Waals surface area contributed by atoms with Crippen molar-refractivity contribution in [1.29, 1.82) is 0 Å². The number of methoxy groups -OCH3 is 2. The lowest BCUT2D eigenvalue weighted by Gasteiger charge is -2.44. The molecule has 0 amide bonds. The minimum Gasteiger partial charge on any atom is -0.465 e. The van der Waals surface area contributed by atoms with Gasteiger partial charge in [0.15, 0.2) is 0 Å². The Balaban J connectivity index is 2.07. The van der Waals surface area contributed by atoms with Crippen LogP contribution in [-0.2, 0) is 14.2 Å². The number of hydrogen-bond acceptors (Lipinski definition) is 5. The highest BCUT2D eigenvalue weighted by Crippen LogP contribution is 2.31. The number of nitrogens with one attached hydrogen (secondary N) is 1. The van der Waals surface area contributed by atoms with E-state index in [4.69, 9.17) is 14.2 Å². The van der Waals surface area contributed by atoms with Crippen molar-refractivity contribution >= 4 is 11.7 Å². The zero-order valence-corrected chi connectivity index (χ0v) is 13.0. The molecule has 21 heavy (non-hydrogen) atoms. The lowest BCUT2D eigenvalue weighted by atomic mass is 9.84. The van der Waals surface area contributed by atoms with Gasteiger partial charge in [0.25, 0.3) is 0 Å². The van der Waals surface area contributed by atoms with Crippen molar-refractivity contribution in [3.63, 3.8) is 0 Å². The number of rotatable bonds is 6. The van der Waals surface area contributed by atoms with Gasteiger partial charge in [-0.15, -0.1) is 0 Å². The monoisotopic (exact) mass is 293 g/mol. The molecule has 0 saturated heterocycles. The van der Waals surface area contributed by atoms with E-state index < -0.39 is 0 Å². The van der Waals surface area contributed by atoms with Crippen molar-refractivity contribution in [2.45, 2.75) is 38.5 Å². The van der Waals surface area contributed by atoms with Gasteiger partial charge < -0.3 is 19.5 Å². The molecule has 3 unspecified atom stereocenters. The summed E-state index contributed by atoms with van der Waals surface area (Å²) in [5.41, 5.74) is 2.55. The van der Waals surface area contributed by atoms with E-state index in [1.165, 1.54) is 7.11 Å². The lowest BCUT2D eigenvalue weighted by molar-refractivity contribution is -0.118. The maximum atomic E-state index is 11.6. The average molecular weight is 293 g/mol. The molecule has 1 aromatic carbocycles. The van der Waals surface area contributed by atoms with Crippen LogP contribution in [0.1, 0.15) is 29.3 Å². The Morgan fingerprint density at radius 1 is 1.38 bits per heavy atom. The van der Waals surface area contributed by atoms with Crippen molar-refractivity contribution in [1.82, 2.24) is 0 Å². The number of anilines is 1. The first-order valence-corrected chi connectivity index (χ1v) is 7.20. The summed E-state index contributed by atoms with van der Waals surface area (Å²) in [6, 6.07) is 5.69. The maximum absolute atomic E-state index is 11.6. The molecular weight excluding hydrogens is 270 g/mol. The van der Waals surface area contributed by atoms with Crippen LogP contribution in [0.15, 0.2) is 18.2 Å². The molecule has 3 atom stereocenters. The van der Waals surface area contributed by atoms with Gasteiger partial charge in [0, 0.05) is 19.4 Å². The first-order chi connectivity index (χ1) is 10.1. The quantitative estimate of drug-likeness (QED) is 0.816. The topological polar surface area (TPSA) is 56.8 Å². The number of carbonyl (C=O) groups excluding carboxylic acids is 1. The first kappa shape index (κ1) is 15.8. The Hall–Kier alpha value is -1.59. The van der Waals surface area contributed by atoms with E-state index in [1.807, 2.05) is 26.0 Å². The van der Waals surface area contributed by atoms with E-state index in [2.05, 4.69) is 5.32 Å². The Morgan fingerprint density at radius 2 is 2.14 bits per heavy atom. The van der Waals surface area contributed by atoms with Gasteiger partial charge in [-0.1, -0.05) is 6.07 Å². The maximum Gasteiger partial charge on any atom is 0.337 e. The average Bonchev–Trinajstić information content (AvgIpc) is 2.47. The van der Waals surface area contributed by atoms with Crippen LogP contribution < -0.4 is 5.32 Å². The molecule has 0 bridgehead atoms. The van der Waals surface area contributed by atoms with Crippen LogP contribution in [0.5, 0.6) is 0 Å². The number of esters is 1. The summed E-state index contributed by atoms with van der Waals surface area (Å²) < 4.78 is 15.9. The van der Waals surface area contributed by atoms with Crippen molar-refractivity contribution in [2.24, 2.45) is 0 Å². The highest BCUT2D eigenvalue weighted by molar-refractivity contribution is 5.90. The highest BCUT2D eigenvalue weighted by atomic mass is 16.5. The summed E-state index contributed by atoms with van der Waals surface area (Å²) >= 11 is 0. The van der Waals surface area contributed by atoms with Crippen molar-refractivity contribution in [3.8, 4) is 0 Å². The van der Waals surface area contributed by atoms with Crippen LogP contribution in [-0.4, -0.2) is 45.0 Å². The van der Waals surface area contributed by atoms with E-state index in [0.717, 1.165) is 17.7 Å². The highest BCUT2D eigenvalue weighted by Gasteiger charge is 2.42. The second-order valence-electron chi connectivity index (χ2n) is 5.20. The Morgan fingerprint density at radius 3 is 2.76 bits per heavy atom. The second kappa shape index (κ2) is 6.91. The van der Waals surface area contributed by atoms with E-state index in [1.54, 1.807) is 13.2 Å². The number of hydrogen-bond donors (Lipinski definition) is 1. The molecule has 0 aliphatic heterocycles. The number of ether oxygens (including phenoxy) is 3. The zero-order valence-electron chi connectivity index (χ0n) is 13.0. The van der Waals surface area contributed by atoms with Crippen LogP contribution in [0.2, 0.25) is 0 Å². The summed E-state index contributed by atoms with van der Waals surface area (Å²) in [6.07, 6.45) is 1.07. The predicted octanol–water partition coefficient (Wildman–Crippen LogP) is 2.39. The molecule has 0 spiro atoms. The summed E-state index contributed by atoms with van der Waals surface area (Å²) in [6.45, 7) is 4.68. The summed E-state index contributed by atoms with van der Waals surface area (Å²) in [4.78, 5) is 11.6. The normalized spacial score (nSPS) is 24.3. The SMILES string of the molecule is CCOC1CC(Nc2cc(C(=O)OC)ccc2C)C1OC. The van der Waals surface area contributed by atoms with Gasteiger partial charge in [0.05, 0.1) is 24.8 Å². The van der Waals surface area contributed by atoms with Crippen molar-refractivity contribution in [2.75, 3.05) is 26.1 Å². The Labute approximate surface area is 125 Å². The number of aryl methyl sites for hydroxylation is 1. The van der Waals surface area contributed by atoms with Gasteiger partial charge >= 0.3 is 5.97 Å². The minimum absolute atomic E-state index is 0.0335. The second-order valence-corrected chi connectivity index (χ2v) is 5.20. The van der Waals surface area contributed by atoms with E-state index in [0.29, 0.717) is 12.2 Å².